The maximum Gasteiger partial charge on any atom is 0.234 e. The predicted octanol–water partition coefficient (Wildman–Crippen LogP) is 3.60. The van der Waals surface area contributed by atoms with E-state index in [2.05, 4.69) is 41.5 Å². The fourth-order valence-electron chi connectivity index (χ4n) is 4.71. The summed E-state index contributed by atoms with van der Waals surface area (Å²) in [6, 6.07) is 10.8. The highest BCUT2D eigenvalue weighted by Crippen LogP contribution is 2.15. The standard InChI is InChI=1S/C29H41F2N3O3/c1-3-12-37-26-8-10-34(11-9-26)20-29(36)33-27(16-23-14-24(30)17-25(31)15-23)28(35)19-32-18-22-7-5-6-21(4-2)13-22/h5-7,13-15,17,26-28,32,35H,3-4,8-12,16,18-20H2,1-2H3,(H,33,36). The molecule has 37 heavy (non-hydrogen) atoms. The number of aryl methyl sites for hydroxylation is 1. The molecule has 1 amide bonds. The number of nitrogens with one attached hydrogen (secondary N) is 2. The van der Waals surface area contributed by atoms with Crippen molar-refractivity contribution >= 4 is 5.91 Å². The van der Waals surface area contributed by atoms with Gasteiger partial charge < -0.3 is 20.5 Å². The average Bonchev–Trinajstić information content (AvgIpc) is 2.87. The van der Waals surface area contributed by atoms with Crippen molar-refractivity contribution in [3.8, 4) is 0 Å². The van der Waals surface area contributed by atoms with Gasteiger partial charge in [-0.05, 0) is 60.9 Å². The third kappa shape index (κ3) is 10.1. The van der Waals surface area contributed by atoms with E-state index in [1.807, 2.05) is 12.1 Å². The normalized spacial score (nSPS) is 16.5. The van der Waals surface area contributed by atoms with Crippen molar-refractivity contribution in [1.29, 1.82) is 0 Å². The van der Waals surface area contributed by atoms with E-state index in [4.69, 9.17) is 4.74 Å². The molecule has 1 fully saturated rings. The zero-order chi connectivity index (χ0) is 26.6. The fourth-order valence-corrected chi connectivity index (χ4v) is 4.71. The fraction of sp³-hybridized carbons (Fsp3) is 0.552. The molecule has 0 radical (unpaired) electrons. The Morgan fingerprint density at radius 3 is 2.46 bits per heavy atom. The molecule has 8 heteroatoms. The highest BCUT2D eigenvalue weighted by atomic mass is 19.1. The molecule has 6 nitrogen and oxygen atoms in total. The van der Waals surface area contributed by atoms with Crippen molar-refractivity contribution in [2.75, 3.05) is 32.8 Å². The highest BCUT2D eigenvalue weighted by molar-refractivity contribution is 5.78. The number of piperidine rings is 1. The third-order valence-electron chi connectivity index (χ3n) is 6.73. The number of rotatable bonds is 14. The number of likely N-dealkylation sites (tertiary alicyclic amines) is 1. The van der Waals surface area contributed by atoms with Gasteiger partial charge in [-0.3, -0.25) is 9.69 Å². The van der Waals surface area contributed by atoms with Gasteiger partial charge >= 0.3 is 0 Å². The van der Waals surface area contributed by atoms with Crippen molar-refractivity contribution in [2.24, 2.45) is 0 Å². The minimum absolute atomic E-state index is 0.113. The van der Waals surface area contributed by atoms with Crippen LogP contribution in [0.25, 0.3) is 0 Å². The topological polar surface area (TPSA) is 73.8 Å². The number of halogens is 2. The van der Waals surface area contributed by atoms with Crippen molar-refractivity contribution in [3.63, 3.8) is 0 Å². The molecule has 0 saturated carbocycles. The maximum absolute atomic E-state index is 13.8. The first-order valence-corrected chi connectivity index (χ1v) is 13.4. The van der Waals surface area contributed by atoms with Gasteiger partial charge in [0.1, 0.15) is 11.6 Å². The number of carbonyl (C=O) groups excluding carboxylic acids is 1. The Labute approximate surface area is 219 Å². The Morgan fingerprint density at radius 1 is 1.08 bits per heavy atom. The molecular weight excluding hydrogens is 476 g/mol. The van der Waals surface area contributed by atoms with Crippen LogP contribution in [0.3, 0.4) is 0 Å². The van der Waals surface area contributed by atoms with Crippen LogP contribution in [0, 0.1) is 11.6 Å². The Kier molecular flexibility index (Phi) is 11.9. The van der Waals surface area contributed by atoms with Crippen LogP contribution >= 0.6 is 0 Å². The van der Waals surface area contributed by atoms with Crippen molar-refractivity contribution in [2.45, 2.75) is 70.7 Å². The Balaban J connectivity index is 1.57. The lowest BCUT2D eigenvalue weighted by Gasteiger charge is -2.32. The number of hydrogen-bond acceptors (Lipinski definition) is 5. The van der Waals surface area contributed by atoms with E-state index in [-0.39, 0.29) is 31.5 Å². The molecule has 1 heterocycles. The summed E-state index contributed by atoms with van der Waals surface area (Å²) >= 11 is 0. The van der Waals surface area contributed by atoms with E-state index < -0.39 is 23.8 Å². The van der Waals surface area contributed by atoms with Crippen LogP contribution in [-0.4, -0.2) is 66.9 Å². The molecule has 0 aromatic heterocycles. The van der Waals surface area contributed by atoms with Crippen LogP contribution in [-0.2, 0) is 28.9 Å². The highest BCUT2D eigenvalue weighted by Gasteiger charge is 2.25. The molecule has 3 N–H and O–H groups in total. The van der Waals surface area contributed by atoms with Crippen LogP contribution in [0.4, 0.5) is 8.78 Å². The number of benzene rings is 2. The number of aliphatic hydroxyl groups is 1. The molecule has 2 aromatic rings. The summed E-state index contributed by atoms with van der Waals surface area (Å²) in [5.41, 5.74) is 2.72. The van der Waals surface area contributed by atoms with Crippen LogP contribution in [0.2, 0.25) is 0 Å². The van der Waals surface area contributed by atoms with Crippen LogP contribution in [0.5, 0.6) is 0 Å². The largest absolute Gasteiger partial charge is 0.390 e. The van der Waals surface area contributed by atoms with Crippen LogP contribution in [0.1, 0.15) is 49.8 Å². The SMILES string of the molecule is CCCOC1CCN(CC(=O)NC(Cc2cc(F)cc(F)c2)C(O)CNCc2cccc(CC)c2)CC1. The van der Waals surface area contributed by atoms with Gasteiger partial charge in [0.05, 0.1) is 24.8 Å². The van der Waals surface area contributed by atoms with Gasteiger partial charge in [0.2, 0.25) is 5.91 Å². The van der Waals surface area contributed by atoms with Gasteiger partial charge in [-0.2, -0.15) is 0 Å². The monoisotopic (exact) mass is 517 g/mol. The number of amides is 1. The Hall–Kier alpha value is -2.39. The minimum atomic E-state index is -0.946. The van der Waals surface area contributed by atoms with Crippen molar-refractivity contribution in [3.05, 3.63) is 70.8 Å². The number of hydrogen-bond donors (Lipinski definition) is 3. The van der Waals surface area contributed by atoms with Crippen LogP contribution < -0.4 is 10.6 Å². The van der Waals surface area contributed by atoms with Gasteiger partial charge in [-0.25, -0.2) is 8.78 Å². The second kappa shape index (κ2) is 15.1. The lowest BCUT2D eigenvalue weighted by Crippen LogP contribution is -2.52. The predicted molar refractivity (Wildman–Crippen MR) is 141 cm³/mol. The van der Waals surface area contributed by atoms with E-state index in [1.165, 1.54) is 17.7 Å². The molecule has 204 valence electrons. The summed E-state index contributed by atoms with van der Waals surface area (Å²) in [7, 11) is 0. The first-order chi connectivity index (χ1) is 17.9. The number of carbonyl (C=O) groups is 1. The van der Waals surface area contributed by atoms with Crippen molar-refractivity contribution in [1.82, 2.24) is 15.5 Å². The van der Waals surface area contributed by atoms with E-state index in [1.54, 1.807) is 0 Å². The number of aliphatic hydroxyl groups excluding tert-OH is 1. The summed E-state index contributed by atoms with van der Waals surface area (Å²) in [5.74, 6) is -1.59. The van der Waals surface area contributed by atoms with Gasteiger partial charge in [0.25, 0.3) is 0 Å². The Bertz CT molecular complexity index is 962. The quantitative estimate of drug-likeness (QED) is 0.357. The molecule has 1 aliphatic rings. The van der Waals surface area contributed by atoms with Gasteiger partial charge in [0.15, 0.2) is 0 Å². The zero-order valence-electron chi connectivity index (χ0n) is 22.0. The lowest BCUT2D eigenvalue weighted by atomic mass is 10.00. The van der Waals surface area contributed by atoms with E-state index >= 15 is 0 Å². The second-order valence-corrected chi connectivity index (χ2v) is 9.87. The molecule has 1 aliphatic heterocycles. The molecule has 3 rings (SSSR count). The van der Waals surface area contributed by atoms with E-state index in [9.17, 15) is 18.7 Å². The van der Waals surface area contributed by atoms with Gasteiger partial charge in [-0.1, -0.05) is 38.1 Å². The Morgan fingerprint density at radius 2 is 1.78 bits per heavy atom. The molecule has 1 saturated heterocycles. The lowest BCUT2D eigenvalue weighted by molar-refractivity contribution is -0.124. The summed E-state index contributed by atoms with van der Waals surface area (Å²) in [6.45, 7) is 7.46. The zero-order valence-corrected chi connectivity index (χ0v) is 22.0. The smallest absolute Gasteiger partial charge is 0.234 e. The molecule has 2 unspecified atom stereocenters. The molecule has 0 spiro atoms. The van der Waals surface area contributed by atoms with E-state index in [0.29, 0.717) is 12.1 Å². The second-order valence-electron chi connectivity index (χ2n) is 9.87. The number of ether oxygens (including phenoxy) is 1. The summed E-state index contributed by atoms with van der Waals surface area (Å²) in [6.07, 6.45) is 3.09. The molecule has 2 aromatic carbocycles. The third-order valence-corrected chi connectivity index (χ3v) is 6.73. The first-order valence-electron chi connectivity index (χ1n) is 13.4. The maximum atomic E-state index is 13.8. The molecule has 0 bridgehead atoms. The first kappa shape index (κ1) is 29.2. The van der Waals surface area contributed by atoms with Crippen LogP contribution in [0.15, 0.2) is 42.5 Å². The molecule has 2 atom stereocenters. The summed E-state index contributed by atoms with van der Waals surface area (Å²) in [4.78, 5) is 15.0. The molecule has 0 aliphatic carbocycles. The van der Waals surface area contributed by atoms with E-state index in [0.717, 1.165) is 57.0 Å². The average molecular weight is 518 g/mol. The van der Waals surface area contributed by atoms with Gasteiger partial charge in [0, 0.05) is 38.9 Å². The van der Waals surface area contributed by atoms with Crippen molar-refractivity contribution < 1.29 is 23.4 Å². The minimum Gasteiger partial charge on any atom is -0.390 e. The van der Waals surface area contributed by atoms with Gasteiger partial charge in [-0.15, -0.1) is 0 Å². The number of nitrogens with zero attached hydrogens (tertiary/aromatic N) is 1. The summed E-state index contributed by atoms with van der Waals surface area (Å²) < 4.78 is 33.4. The summed E-state index contributed by atoms with van der Waals surface area (Å²) in [5, 5.41) is 17.1. The molecular formula is C29H41F2N3O3.